The van der Waals surface area contributed by atoms with E-state index in [0.29, 0.717) is 25.8 Å². The van der Waals surface area contributed by atoms with Crippen molar-refractivity contribution in [2.24, 2.45) is 17.8 Å². The summed E-state index contributed by atoms with van der Waals surface area (Å²) in [5.41, 5.74) is 0. The number of rotatable bonds is 20. The van der Waals surface area contributed by atoms with Gasteiger partial charge in [0.1, 0.15) is 17.8 Å². The number of allylic oxidation sites excluding steroid dienone is 2. The van der Waals surface area contributed by atoms with E-state index < -0.39 is 35.7 Å². The maximum Gasteiger partial charge on any atom is 0.312 e. The van der Waals surface area contributed by atoms with Crippen LogP contribution in [0.4, 0.5) is 0 Å². The third-order valence-electron chi connectivity index (χ3n) is 6.49. The average molecular weight is 457 g/mol. The first-order valence-corrected chi connectivity index (χ1v) is 12.3. The molecule has 7 heteroatoms. The third kappa shape index (κ3) is 11.7. The largest absolute Gasteiger partial charge is 0.481 e. The first kappa shape index (κ1) is 30.1. The van der Waals surface area contributed by atoms with Crippen molar-refractivity contribution in [1.82, 2.24) is 0 Å². The van der Waals surface area contributed by atoms with Crippen LogP contribution >= 0.6 is 0 Å². The molecule has 0 radical (unpaired) electrons. The van der Waals surface area contributed by atoms with Crippen LogP contribution < -0.4 is 0 Å². The molecule has 0 bridgehead atoms. The predicted octanol–water partition coefficient (Wildman–Crippen LogP) is 5.05. The Hall–Kier alpha value is -1.89. The minimum absolute atomic E-state index is 0.236. The fraction of sp³-hybridized carbons (Fsp3) is 0.800. The standard InChI is InChI=1S/C25H45NO6/c1-5-9-10-11-12-13-14-15-16-26(17-20(6-2)23(27)28,18-21(7-3)24(29)30)19-22(8-4)25(31)32/h11-12,20-22H,5-10,13-19H2,1-4H3,(H2-,27,28,29,30,31,32)/p+1/b12-11+. The number of carbonyl (C=O) groups is 3. The lowest BCUT2D eigenvalue weighted by Gasteiger charge is -2.43. The summed E-state index contributed by atoms with van der Waals surface area (Å²) in [6.45, 7) is 9.02. The summed E-state index contributed by atoms with van der Waals surface area (Å²) in [6, 6.07) is 0. The van der Waals surface area contributed by atoms with E-state index >= 15 is 0 Å². The first-order valence-electron chi connectivity index (χ1n) is 12.3. The summed E-state index contributed by atoms with van der Waals surface area (Å²) in [4.78, 5) is 35.5. The highest BCUT2D eigenvalue weighted by Gasteiger charge is 2.40. The van der Waals surface area contributed by atoms with Crippen molar-refractivity contribution in [3.63, 3.8) is 0 Å². The van der Waals surface area contributed by atoms with Crippen molar-refractivity contribution in [2.75, 3.05) is 26.2 Å². The molecule has 0 aromatic carbocycles. The van der Waals surface area contributed by atoms with Crippen molar-refractivity contribution in [2.45, 2.75) is 85.5 Å². The molecule has 0 aliphatic heterocycles. The van der Waals surface area contributed by atoms with Crippen LogP contribution in [0.15, 0.2) is 12.2 Å². The van der Waals surface area contributed by atoms with Crippen LogP contribution in [-0.4, -0.2) is 63.9 Å². The molecule has 7 nitrogen and oxygen atoms in total. The molecule has 0 amide bonds. The number of hydrogen-bond donors (Lipinski definition) is 3. The van der Waals surface area contributed by atoms with Gasteiger partial charge in [-0.05, 0) is 44.9 Å². The molecule has 0 heterocycles. The summed E-state index contributed by atoms with van der Waals surface area (Å²) in [5, 5.41) is 29.1. The molecule has 186 valence electrons. The molecule has 32 heavy (non-hydrogen) atoms. The fourth-order valence-corrected chi connectivity index (χ4v) is 4.31. The quantitative estimate of drug-likeness (QED) is 0.134. The van der Waals surface area contributed by atoms with E-state index in [2.05, 4.69) is 19.1 Å². The molecule has 0 fully saturated rings. The van der Waals surface area contributed by atoms with Gasteiger partial charge in [-0.25, -0.2) is 0 Å². The van der Waals surface area contributed by atoms with Gasteiger partial charge in [-0.15, -0.1) is 0 Å². The maximum atomic E-state index is 11.8. The molecule has 0 saturated heterocycles. The van der Waals surface area contributed by atoms with E-state index in [1.807, 2.05) is 20.8 Å². The highest BCUT2D eigenvalue weighted by molar-refractivity contribution is 5.71. The Labute approximate surface area is 194 Å². The first-order chi connectivity index (χ1) is 15.2. The maximum absolute atomic E-state index is 11.8. The molecule has 3 atom stereocenters. The van der Waals surface area contributed by atoms with Crippen molar-refractivity contribution in [3.8, 4) is 0 Å². The Balaban J connectivity index is 5.71. The Morgan fingerprint density at radius 1 is 0.656 bits per heavy atom. The normalized spacial score (nSPS) is 16.4. The van der Waals surface area contributed by atoms with Gasteiger partial charge in [0.15, 0.2) is 0 Å². The minimum Gasteiger partial charge on any atom is -0.481 e. The van der Waals surface area contributed by atoms with Gasteiger partial charge in [-0.3, -0.25) is 14.4 Å². The highest BCUT2D eigenvalue weighted by atomic mass is 16.4. The third-order valence-corrected chi connectivity index (χ3v) is 6.49. The number of carboxylic acid groups (broad SMARTS) is 3. The highest BCUT2D eigenvalue weighted by Crippen LogP contribution is 2.25. The van der Waals surface area contributed by atoms with E-state index in [1.165, 1.54) is 6.42 Å². The zero-order valence-electron chi connectivity index (χ0n) is 20.6. The predicted molar refractivity (Wildman–Crippen MR) is 126 cm³/mol. The lowest BCUT2D eigenvalue weighted by molar-refractivity contribution is -0.935. The number of quaternary nitrogens is 1. The van der Waals surface area contributed by atoms with Crippen LogP contribution in [0.3, 0.4) is 0 Å². The van der Waals surface area contributed by atoms with Crippen LogP contribution in [0.1, 0.15) is 85.5 Å². The second-order valence-electron chi connectivity index (χ2n) is 9.05. The number of unbranched alkanes of at least 4 members (excludes halogenated alkanes) is 4. The number of nitrogens with zero attached hydrogens (tertiary/aromatic N) is 1. The Morgan fingerprint density at radius 3 is 1.34 bits per heavy atom. The summed E-state index contributed by atoms with van der Waals surface area (Å²) in [5.74, 6) is -4.58. The molecule has 3 unspecified atom stereocenters. The Bertz CT molecular complexity index is 529. The lowest BCUT2D eigenvalue weighted by Crippen LogP contribution is -2.58. The molecule has 3 N–H and O–H groups in total. The van der Waals surface area contributed by atoms with Crippen LogP contribution in [0.25, 0.3) is 0 Å². The van der Waals surface area contributed by atoms with Gasteiger partial charge in [-0.2, -0.15) is 0 Å². The molecule has 0 rings (SSSR count). The second kappa shape index (κ2) is 16.7. The van der Waals surface area contributed by atoms with Gasteiger partial charge in [0, 0.05) is 0 Å². The van der Waals surface area contributed by atoms with Crippen LogP contribution in [0, 0.1) is 17.8 Å². The van der Waals surface area contributed by atoms with Gasteiger partial charge in [0.05, 0.1) is 26.2 Å². The second-order valence-corrected chi connectivity index (χ2v) is 9.05. The summed E-state index contributed by atoms with van der Waals surface area (Å²) >= 11 is 0. The lowest BCUT2D eigenvalue weighted by atomic mass is 9.95. The number of carboxylic acids is 3. The summed E-state index contributed by atoms with van der Waals surface area (Å²) in [7, 11) is 0. The zero-order valence-corrected chi connectivity index (χ0v) is 20.6. The molecular formula is C25H46NO6+. The molecule has 0 saturated carbocycles. The molecule has 0 aromatic rings. The van der Waals surface area contributed by atoms with Gasteiger partial charge in [0.25, 0.3) is 0 Å². The fourth-order valence-electron chi connectivity index (χ4n) is 4.31. The molecule has 0 aromatic heterocycles. The SMILES string of the molecule is CCCC/C=C/CCCC[N+](CC(CC)C(=O)O)(CC(CC)C(=O)O)CC(CC)C(=O)O. The monoisotopic (exact) mass is 456 g/mol. The zero-order chi connectivity index (χ0) is 24.6. The van der Waals surface area contributed by atoms with Gasteiger partial charge >= 0.3 is 17.9 Å². The van der Waals surface area contributed by atoms with Gasteiger partial charge < -0.3 is 19.8 Å². The van der Waals surface area contributed by atoms with Crippen molar-refractivity contribution < 1.29 is 34.2 Å². The number of hydrogen-bond acceptors (Lipinski definition) is 3. The van der Waals surface area contributed by atoms with Crippen molar-refractivity contribution >= 4 is 17.9 Å². The Morgan fingerprint density at radius 2 is 1.03 bits per heavy atom. The van der Waals surface area contributed by atoms with E-state index in [4.69, 9.17) is 0 Å². The molecular weight excluding hydrogens is 410 g/mol. The van der Waals surface area contributed by atoms with Crippen LogP contribution in [0.2, 0.25) is 0 Å². The van der Waals surface area contributed by atoms with Crippen molar-refractivity contribution in [3.05, 3.63) is 12.2 Å². The number of aliphatic carboxylic acids is 3. The summed E-state index contributed by atoms with van der Waals surface area (Å²) < 4.78 is 0.236. The van der Waals surface area contributed by atoms with E-state index in [0.717, 1.165) is 32.1 Å². The minimum atomic E-state index is -0.902. The van der Waals surface area contributed by atoms with E-state index in [-0.39, 0.29) is 24.1 Å². The van der Waals surface area contributed by atoms with Crippen LogP contribution in [0.5, 0.6) is 0 Å². The van der Waals surface area contributed by atoms with Gasteiger partial charge in [-0.1, -0.05) is 52.7 Å². The molecule has 0 spiro atoms. The topological polar surface area (TPSA) is 112 Å². The van der Waals surface area contributed by atoms with Crippen LogP contribution in [-0.2, 0) is 14.4 Å². The molecule has 0 aliphatic carbocycles. The van der Waals surface area contributed by atoms with E-state index in [9.17, 15) is 29.7 Å². The van der Waals surface area contributed by atoms with E-state index in [1.54, 1.807) is 0 Å². The summed E-state index contributed by atoms with van der Waals surface area (Å²) in [6.07, 6.45) is 11.7. The Kier molecular flexibility index (Phi) is 15.7. The average Bonchev–Trinajstić information content (AvgIpc) is 2.75. The van der Waals surface area contributed by atoms with Gasteiger partial charge in [0.2, 0.25) is 0 Å². The molecule has 0 aliphatic rings. The van der Waals surface area contributed by atoms with Crippen molar-refractivity contribution in [1.29, 1.82) is 0 Å². The smallest absolute Gasteiger partial charge is 0.312 e.